The predicted molar refractivity (Wildman–Crippen MR) is 110 cm³/mol. The second-order valence-electron chi connectivity index (χ2n) is 7.61. The zero-order chi connectivity index (χ0) is 19.6. The van der Waals surface area contributed by atoms with Gasteiger partial charge in [0.1, 0.15) is 5.75 Å². The van der Waals surface area contributed by atoms with E-state index in [0.717, 1.165) is 54.6 Å². The number of carbonyl (C=O) groups excluding carboxylic acids is 1. The van der Waals surface area contributed by atoms with Gasteiger partial charge in [-0.15, -0.1) is 0 Å². The van der Waals surface area contributed by atoms with Crippen molar-refractivity contribution in [3.05, 3.63) is 47.3 Å². The number of aromatic nitrogens is 1. The van der Waals surface area contributed by atoms with Gasteiger partial charge in [-0.1, -0.05) is 12.1 Å². The monoisotopic (exact) mass is 369 g/mol. The maximum absolute atomic E-state index is 12.9. The van der Waals surface area contributed by atoms with Gasteiger partial charge in [0.2, 0.25) is 0 Å². The normalized spacial score (nSPS) is 15.4. The highest BCUT2D eigenvalue weighted by Crippen LogP contribution is 2.28. The Morgan fingerprint density at radius 3 is 2.37 bits per heavy atom. The summed E-state index contributed by atoms with van der Waals surface area (Å²) in [4.78, 5) is 17.5. The fourth-order valence-electron chi connectivity index (χ4n) is 4.18. The van der Waals surface area contributed by atoms with Gasteiger partial charge in [0.05, 0.1) is 19.3 Å². The standard InChI is InChI=1S/C22H31N3O2/c1-16(2)25-17(3)14-19(18(25)4)21(26)15-23-10-12-24(13-11-23)20-8-6-7-9-22(20)27-5/h6-9,14,16H,10-13,15H2,1-5H3. The Morgan fingerprint density at radius 2 is 1.78 bits per heavy atom. The number of hydrogen-bond acceptors (Lipinski definition) is 4. The molecule has 5 nitrogen and oxygen atoms in total. The van der Waals surface area contributed by atoms with Crippen LogP contribution in [-0.4, -0.2) is 55.1 Å². The minimum atomic E-state index is 0.223. The van der Waals surface area contributed by atoms with Crippen molar-refractivity contribution < 1.29 is 9.53 Å². The highest BCUT2D eigenvalue weighted by Gasteiger charge is 2.23. The number of nitrogens with zero attached hydrogens (tertiary/aromatic N) is 3. The van der Waals surface area contributed by atoms with E-state index in [1.165, 1.54) is 0 Å². The number of hydrogen-bond donors (Lipinski definition) is 0. The molecule has 3 rings (SSSR count). The number of ketones is 1. The van der Waals surface area contributed by atoms with E-state index in [9.17, 15) is 4.79 Å². The molecule has 1 aliphatic rings. The topological polar surface area (TPSA) is 37.7 Å². The van der Waals surface area contributed by atoms with Crippen LogP contribution in [0.15, 0.2) is 30.3 Å². The van der Waals surface area contributed by atoms with Crippen LogP contribution < -0.4 is 9.64 Å². The zero-order valence-corrected chi connectivity index (χ0v) is 17.2. The van der Waals surface area contributed by atoms with E-state index in [0.29, 0.717) is 12.6 Å². The van der Waals surface area contributed by atoms with Crippen molar-refractivity contribution in [1.29, 1.82) is 0 Å². The van der Waals surface area contributed by atoms with E-state index in [-0.39, 0.29) is 5.78 Å². The van der Waals surface area contributed by atoms with Crippen molar-refractivity contribution >= 4 is 11.5 Å². The largest absolute Gasteiger partial charge is 0.495 e. The minimum Gasteiger partial charge on any atom is -0.495 e. The first kappa shape index (κ1) is 19.5. The number of rotatable bonds is 6. The molecule has 1 aromatic heterocycles. The zero-order valence-electron chi connectivity index (χ0n) is 17.2. The van der Waals surface area contributed by atoms with Crippen LogP contribution in [0, 0.1) is 13.8 Å². The summed E-state index contributed by atoms with van der Waals surface area (Å²) < 4.78 is 7.72. The molecular weight excluding hydrogens is 338 g/mol. The molecule has 27 heavy (non-hydrogen) atoms. The van der Waals surface area contributed by atoms with Gasteiger partial charge < -0.3 is 14.2 Å². The molecule has 0 atom stereocenters. The van der Waals surface area contributed by atoms with Crippen molar-refractivity contribution in [3.8, 4) is 5.75 Å². The molecule has 1 aromatic carbocycles. The molecule has 2 aromatic rings. The van der Waals surface area contributed by atoms with Crippen molar-refractivity contribution in [2.45, 2.75) is 33.7 Å². The van der Waals surface area contributed by atoms with Crippen molar-refractivity contribution in [2.24, 2.45) is 0 Å². The molecule has 146 valence electrons. The average molecular weight is 370 g/mol. The molecule has 0 N–H and O–H groups in total. The third-order valence-electron chi connectivity index (χ3n) is 5.47. The van der Waals surface area contributed by atoms with E-state index in [2.05, 4.69) is 48.1 Å². The lowest BCUT2D eigenvalue weighted by atomic mass is 10.1. The molecule has 0 spiro atoms. The van der Waals surface area contributed by atoms with Crippen LogP contribution in [0.25, 0.3) is 0 Å². The van der Waals surface area contributed by atoms with Gasteiger partial charge in [-0.05, 0) is 45.9 Å². The smallest absolute Gasteiger partial charge is 0.178 e. The molecule has 0 aliphatic carbocycles. The molecule has 1 aliphatic heterocycles. The summed E-state index contributed by atoms with van der Waals surface area (Å²) in [6.07, 6.45) is 0. The van der Waals surface area contributed by atoms with Crippen LogP contribution in [0.5, 0.6) is 5.75 Å². The second-order valence-corrected chi connectivity index (χ2v) is 7.61. The van der Waals surface area contributed by atoms with Crippen LogP contribution in [0.1, 0.15) is 41.6 Å². The Balaban J connectivity index is 1.63. The van der Waals surface area contributed by atoms with Gasteiger partial charge in [-0.2, -0.15) is 0 Å². The molecule has 0 bridgehead atoms. The number of carbonyl (C=O) groups is 1. The second kappa shape index (κ2) is 8.17. The molecular formula is C22H31N3O2. The third kappa shape index (κ3) is 4.03. The third-order valence-corrected chi connectivity index (χ3v) is 5.47. The van der Waals surface area contributed by atoms with Crippen LogP contribution in [0.3, 0.4) is 0 Å². The summed E-state index contributed by atoms with van der Waals surface area (Å²) in [5.74, 6) is 1.13. The minimum absolute atomic E-state index is 0.223. The summed E-state index contributed by atoms with van der Waals surface area (Å²) in [7, 11) is 1.71. The van der Waals surface area contributed by atoms with Gasteiger partial charge in [-0.3, -0.25) is 9.69 Å². The molecule has 0 radical (unpaired) electrons. The highest BCUT2D eigenvalue weighted by molar-refractivity contribution is 5.99. The fraction of sp³-hybridized carbons (Fsp3) is 0.500. The number of Topliss-reactive ketones (excluding diaryl/α,β-unsaturated/α-hetero) is 1. The lowest BCUT2D eigenvalue weighted by Crippen LogP contribution is -2.48. The number of anilines is 1. The number of aryl methyl sites for hydroxylation is 1. The molecule has 1 fully saturated rings. The molecule has 5 heteroatoms. The Kier molecular flexibility index (Phi) is 5.90. The lowest BCUT2D eigenvalue weighted by molar-refractivity contribution is 0.0925. The quantitative estimate of drug-likeness (QED) is 0.728. The van der Waals surface area contributed by atoms with Crippen LogP contribution in [0.4, 0.5) is 5.69 Å². The summed E-state index contributed by atoms with van der Waals surface area (Å²) >= 11 is 0. The van der Waals surface area contributed by atoms with Gasteiger partial charge in [-0.25, -0.2) is 0 Å². The first-order valence-electron chi connectivity index (χ1n) is 9.74. The van der Waals surface area contributed by atoms with E-state index in [1.54, 1.807) is 7.11 Å². The van der Waals surface area contributed by atoms with E-state index < -0.39 is 0 Å². The maximum Gasteiger partial charge on any atom is 0.178 e. The Labute approximate surface area is 162 Å². The predicted octanol–water partition coefficient (Wildman–Crippen LogP) is 3.70. The van der Waals surface area contributed by atoms with E-state index in [4.69, 9.17) is 4.74 Å². The van der Waals surface area contributed by atoms with Gasteiger partial charge in [0, 0.05) is 49.2 Å². The summed E-state index contributed by atoms with van der Waals surface area (Å²) in [5, 5.41) is 0. The van der Waals surface area contributed by atoms with Crippen molar-refractivity contribution in [3.63, 3.8) is 0 Å². The summed E-state index contributed by atoms with van der Waals surface area (Å²) in [5.41, 5.74) is 4.24. The molecule has 1 saturated heterocycles. The Hall–Kier alpha value is -2.27. The van der Waals surface area contributed by atoms with Crippen molar-refractivity contribution in [1.82, 2.24) is 9.47 Å². The lowest BCUT2D eigenvalue weighted by Gasteiger charge is -2.36. The van der Waals surface area contributed by atoms with Gasteiger partial charge in [0.25, 0.3) is 0 Å². The summed E-state index contributed by atoms with van der Waals surface area (Å²) in [6.45, 7) is 12.5. The SMILES string of the molecule is COc1ccccc1N1CCN(CC(=O)c2cc(C)n(C(C)C)c2C)CC1. The Bertz CT molecular complexity index is 802. The number of ether oxygens (including phenoxy) is 1. The number of benzene rings is 1. The molecule has 0 unspecified atom stereocenters. The number of methoxy groups -OCH3 is 1. The average Bonchev–Trinajstić information content (AvgIpc) is 2.96. The highest BCUT2D eigenvalue weighted by atomic mass is 16.5. The number of para-hydroxylation sites is 2. The number of piperazine rings is 1. The first-order chi connectivity index (χ1) is 12.9. The molecule has 2 heterocycles. The Morgan fingerprint density at radius 1 is 1.11 bits per heavy atom. The maximum atomic E-state index is 12.9. The molecule has 0 saturated carbocycles. The first-order valence-corrected chi connectivity index (χ1v) is 9.74. The fourth-order valence-corrected chi connectivity index (χ4v) is 4.18. The van der Waals surface area contributed by atoms with Crippen LogP contribution in [0.2, 0.25) is 0 Å². The van der Waals surface area contributed by atoms with E-state index in [1.807, 2.05) is 24.3 Å². The van der Waals surface area contributed by atoms with Crippen LogP contribution in [-0.2, 0) is 0 Å². The van der Waals surface area contributed by atoms with Gasteiger partial charge in [0.15, 0.2) is 5.78 Å². The van der Waals surface area contributed by atoms with Crippen molar-refractivity contribution in [2.75, 3.05) is 44.7 Å². The van der Waals surface area contributed by atoms with E-state index >= 15 is 0 Å². The molecule has 0 amide bonds. The van der Waals surface area contributed by atoms with Gasteiger partial charge >= 0.3 is 0 Å². The summed E-state index contributed by atoms with van der Waals surface area (Å²) in [6, 6.07) is 10.5. The van der Waals surface area contributed by atoms with Crippen LogP contribution >= 0.6 is 0 Å².